The number of likely N-dealkylation sites (tertiary alicyclic amines) is 1. The maximum atomic E-state index is 13.8. The van der Waals surface area contributed by atoms with Crippen LogP contribution < -0.4 is 5.32 Å². The predicted molar refractivity (Wildman–Crippen MR) is 116 cm³/mol. The lowest BCUT2D eigenvalue weighted by molar-refractivity contribution is -0.0721. The van der Waals surface area contributed by atoms with E-state index in [1.54, 1.807) is 13.2 Å². The Hall–Kier alpha value is -1.70. The number of guanidine groups is 1. The van der Waals surface area contributed by atoms with E-state index in [9.17, 15) is 4.39 Å². The summed E-state index contributed by atoms with van der Waals surface area (Å²) in [5.41, 5.74) is 1.54. The normalized spacial score (nSPS) is 21.1. The van der Waals surface area contributed by atoms with E-state index >= 15 is 0 Å². The predicted octanol–water partition coefficient (Wildman–Crippen LogP) is 3.49. The third-order valence-electron chi connectivity index (χ3n) is 5.69. The second-order valence-corrected chi connectivity index (χ2v) is 8.04. The molecule has 0 spiro atoms. The number of halogens is 1. The van der Waals surface area contributed by atoms with Crippen molar-refractivity contribution in [2.75, 3.05) is 40.0 Å². The van der Waals surface area contributed by atoms with Gasteiger partial charge in [0.1, 0.15) is 5.82 Å². The zero-order chi connectivity index (χ0) is 21.2. The molecule has 0 radical (unpaired) electrons. The van der Waals surface area contributed by atoms with Crippen molar-refractivity contribution in [3.8, 4) is 0 Å². The Kier molecular flexibility index (Phi) is 9.36. The molecular weight excluding hydrogens is 385 g/mol. The first-order chi connectivity index (χ1) is 14.7. The molecule has 2 fully saturated rings. The van der Waals surface area contributed by atoms with Crippen molar-refractivity contribution in [2.24, 2.45) is 4.99 Å². The highest BCUT2D eigenvalue weighted by atomic mass is 19.1. The first kappa shape index (κ1) is 23.0. The monoisotopic (exact) mass is 421 g/mol. The van der Waals surface area contributed by atoms with Gasteiger partial charge in [0.25, 0.3) is 0 Å². The van der Waals surface area contributed by atoms with Gasteiger partial charge in [0.2, 0.25) is 0 Å². The molecule has 2 heterocycles. The third-order valence-corrected chi connectivity index (χ3v) is 5.69. The highest BCUT2D eigenvalue weighted by Gasteiger charge is 2.23. The molecular formula is C23H36FN3O3. The van der Waals surface area contributed by atoms with Gasteiger partial charge in [-0.15, -0.1) is 0 Å². The van der Waals surface area contributed by atoms with Crippen LogP contribution in [0.25, 0.3) is 0 Å². The standard InChI is InChI=1S/C23H36FN3O3/c1-3-25-23(26-15-18-7-8-22(24)19(14-18)16-28-2)27-11-9-20(10-12-27)30-17-21-6-4-5-13-29-21/h7-8,14,20-21H,3-6,9-13,15-17H2,1-2H3,(H,25,26). The number of rotatable bonds is 8. The fourth-order valence-corrected chi connectivity index (χ4v) is 4.00. The van der Waals surface area contributed by atoms with Gasteiger partial charge >= 0.3 is 0 Å². The van der Waals surface area contributed by atoms with Crippen molar-refractivity contribution < 1.29 is 18.6 Å². The summed E-state index contributed by atoms with van der Waals surface area (Å²) in [6.07, 6.45) is 6.09. The van der Waals surface area contributed by atoms with E-state index in [0.29, 0.717) is 24.8 Å². The second-order valence-electron chi connectivity index (χ2n) is 8.04. The number of aliphatic imine (C=N–C) groups is 1. The van der Waals surface area contributed by atoms with E-state index in [1.165, 1.54) is 18.9 Å². The molecule has 1 unspecified atom stereocenters. The van der Waals surface area contributed by atoms with Gasteiger partial charge in [-0.25, -0.2) is 9.38 Å². The molecule has 0 aliphatic carbocycles. The summed E-state index contributed by atoms with van der Waals surface area (Å²) >= 11 is 0. The second kappa shape index (κ2) is 12.2. The van der Waals surface area contributed by atoms with Crippen LogP contribution in [0.1, 0.15) is 50.2 Å². The molecule has 0 bridgehead atoms. The minimum absolute atomic E-state index is 0.239. The molecule has 3 rings (SSSR count). The van der Waals surface area contributed by atoms with Crippen LogP contribution in [0.5, 0.6) is 0 Å². The quantitative estimate of drug-likeness (QED) is 0.514. The van der Waals surface area contributed by atoms with Gasteiger partial charge < -0.3 is 24.4 Å². The van der Waals surface area contributed by atoms with Gasteiger partial charge in [0.05, 0.1) is 32.0 Å². The van der Waals surface area contributed by atoms with E-state index < -0.39 is 0 Å². The zero-order valence-corrected chi connectivity index (χ0v) is 18.4. The van der Waals surface area contributed by atoms with Crippen LogP contribution in [0, 0.1) is 5.82 Å². The zero-order valence-electron chi connectivity index (χ0n) is 18.4. The molecule has 0 amide bonds. The Bertz CT molecular complexity index is 672. The Morgan fingerprint density at radius 2 is 2.10 bits per heavy atom. The minimum Gasteiger partial charge on any atom is -0.380 e. The average Bonchev–Trinajstić information content (AvgIpc) is 2.78. The van der Waals surface area contributed by atoms with Gasteiger partial charge in [0.15, 0.2) is 5.96 Å². The van der Waals surface area contributed by atoms with Crippen LogP contribution in [0.3, 0.4) is 0 Å². The molecule has 0 aromatic heterocycles. The summed E-state index contributed by atoms with van der Waals surface area (Å²) in [7, 11) is 1.57. The summed E-state index contributed by atoms with van der Waals surface area (Å²) < 4.78 is 30.8. The highest BCUT2D eigenvalue weighted by molar-refractivity contribution is 5.80. The molecule has 0 saturated carbocycles. The molecule has 6 nitrogen and oxygen atoms in total. The lowest BCUT2D eigenvalue weighted by Crippen LogP contribution is -2.47. The molecule has 1 aromatic rings. The summed E-state index contributed by atoms with van der Waals surface area (Å²) in [6.45, 7) is 7.08. The fraction of sp³-hybridized carbons (Fsp3) is 0.696. The van der Waals surface area contributed by atoms with Gasteiger partial charge in [-0.05, 0) is 56.7 Å². The number of benzene rings is 1. The molecule has 168 valence electrons. The Morgan fingerprint density at radius 1 is 1.27 bits per heavy atom. The van der Waals surface area contributed by atoms with E-state index in [0.717, 1.165) is 57.0 Å². The lowest BCUT2D eigenvalue weighted by atomic mass is 10.1. The van der Waals surface area contributed by atoms with Gasteiger partial charge in [-0.2, -0.15) is 0 Å². The van der Waals surface area contributed by atoms with Crippen molar-refractivity contribution in [1.82, 2.24) is 10.2 Å². The Morgan fingerprint density at radius 3 is 2.80 bits per heavy atom. The summed E-state index contributed by atoms with van der Waals surface area (Å²) in [5.74, 6) is 0.668. The van der Waals surface area contributed by atoms with Gasteiger partial charge in [-0.1, -0.05) is 6.07 Å². The fourth-order valence-electron chi connectivity index (χ4n) is 4.00. The lowest BCUT2D eigenvalue weighted by Gasteiger charge is -2.35. The Labute approximate surface area is 179 Å². The summed E-state index contributed by atoms with van der Waals surface area (Å²) in [4.78, 5) is 7.08. The number of nitrogens with one attached hydrogen (secondary N) is 1. The first-order valence-corrected chi connectivity index (χ1v) is 11.2. The van der Waals surface area contributed by atoms with Crippen LogP contribution in [0.4, 0.5) is 4.39 Å². The molecule has 30 heavy (non-hydrogen) atoms. The topological polar surface area (TPSA) is 55.3 Å². The smallest absolute Gasteiger partial charge is 0.194 e. The number of hydrogen-bond donors (Lipinski definition) is 1. The number of piperidine rings is 1. The maximum absolute atomic E-state index is 13.8. The van der Waals surface area contributed by atoms with Crippen LogP contribution in [-0.2, 0) is 27.4 Å². The Balaban J connectivity index is 1.50. The van der Waals surface area contributed by atoms with Crippen molar-refractivity contribution in [1.29, 1.82) is 0 Å². The van der Waals surface area contributed by atoms with E-state index in [1.807, 2.05) is 6.07 Å². The van der Waals surface area contributed by atoms with E-state index in [4.69, 9.17) is 19.2 Å². The molecule has 1 aromatic carbocycles. The number of ether oxygens (including phenoxy) is 3. The van der Waals surface area contributed by atoms with Crippen molar-refractivity contribution in [3.05, 3.63) is 35.1 Å². The molecule has 2 aliphatic heterocycles. The van der Waals surface area contributed by atoms with Crippen molar-refractivity contribution in [3.63, 3.8) is 0 Å². The van der Waals surface area contributed by atoms with Gasteiger partial charge in [-0.3, -0.25) is 0 Å². The summed E-state index contributed by atoms with van der Waals surface area (Å²) in [6, 6.07) is 5.11. The van der Waals surface area contributed by atoms with Gasteiger partial charge in [0, 0.05) is 38.9 Å². The maximum Gasteiger partial charge on any atom is 0.194 e. The molecule has 1 N–H and O–H groups in total. The average molecular weight is 422 g/mol. The molecule has 2 aliphatic rings. The van der Waals surface area contributed by atoms with Crippen molar-refractivity contribution >= 4 is 5.96 Å². The molecule has 7 heteroatoms. The molecule has 1 atom stereocenters. The van der Waals surface area contributed by atoms with Crippen LogP contribution in [-0.4, -0.2) is 63.0 Å². The van der Waals surface area contributed by atoms with Crippen LogP contribution >= 0.6 is 0 Å². The first-order valence-electron chi connectivity index (χ1n) is 11.2. The number of hydrogen-bond acceptors (Lipinski definition) is 4. The third kappa shape index (κ3) is 6.93. The van der Waals surface area contributed by atoms with E-state index in [2.05, 4.69) is 17.1 Å². The molecule has 2 saturated heterocycles. The van der Waals surface area contributed by atoms with Crippen LogP contribution in [0.15, 0.2) is 23.2 Å². The largest absolute Gasteiger partial charge is 0.380 e. The number of methoxy groups -OCH3 is 1. The van der Waals surface area contributed by atoms with Crippen LogP contribution in [0.2, 0.25) is 0 Å². The highest BCUT2D eigenvalue weighted by Crippen LogP contribution is 2.18. The minimum atomic E-state index is -0.239. The SMILES string of the molecule is CCNC(=NCc1ccc(F)c(COC)c1)N1CCC(OCC2CCCCO2)CC1. The van der Waals surface area contributed by atoms with Crippen molar-refractivity contribution in [2.45, 2.75) is 64.4 Å². The summed E-state index contributed by atoms with van der Waals surface area (Å²) in [5, 5.41) is 3.39. The van der Waals surface area contributed by atoms with E-state index in [-0.39, 0.29) is 18.5 Å². The number of nitrogens with zero attached hydrogens (tertiary/aromatic N) is 2.